The summed E-state index contributed by atoms with van der Waals surface area (Å²) in [6, 6.07) is -0.359. The maximum atomic E-state index is 12.8. The van der Waals surface area contributed by atoms with Crippen LogP contribution in [0.4, 0.5) is 8.78 Å². The third-order valence-electron chi connectivity index (χ3n) is 4.79. The van der Waals surface area contributed by atoms with Crippen LogP contribution < -0.4 is 0 Å². The minimum absolute atomic E-state index is 0.00539. The molecule has 2 aliphatic heterocycles. The Bertz CT molecular complexity index is 613. The Morgan fingerprint density at radius 2 is 2.04 bits per heavy atom. The zero-order valence-electron chi connectivity index (χ0n) is 13.6. The molecule has 9 heteroatoms. The summed E-state index contributed by atoms with van der Waals surface area (Å²) in [6.07, 6.45) is 3.63. The molecule has 0 N–H and O–H groups in total. The van der Waals surface area contributed by atoms with Crippen molar-refractivity contribution in [2.24, 2.45) is 0 Å². The molecule has 0 unspecified atom stereocenters. The maximum absolute atomic E-state index is 12.8. The van der Waals surface area contributed by atoms with Crippen molar-refractivity contribution in [2.45, 2.75) is 32.0 Å². The lowest BCUT2D eigenvalue weighted by Gasteiger charge is -2.36. The largest absolute Gasteiger partial charge is 0.338 e. The van der Waals surface area contributed by atoms with Gasteiger partial charge in [-0.15, -0.1) is 0 Å². The molecule has 0 bridgehead atoms. The first-order valence-electron chi connectivity index (χ1n) is 8.04. The Labute approximate surface area is 138 Å². The molecule has 7 nitrogen and oxygen atoms in total. The Kier molecular flexibility index (Phi) is 4.79. The number of piperazine rings is 1. The van der Waals surface area contributed by atoms with Gasteiger partial charge >= 0.3 is 6.55 Å². The third kappa shape index (κ3) is 3.26. The molecular formula is C15H21F2N5O2. The van der Waals surface area contributed by atoms with Crippen LogP contribution in [0, 0.1) is 0 Å². The number of likely N-dealkylation sites (tertiary alicyclic amines) is 1. The first-order chi connectivity index (χ1) is 11.5. The highest BCUT2D eigenvalue weighted by Gasteiger charge is 2.36. The van der Waals surface area contributed by atoms with E-state index in [-0.39, 0.29) is 17.9 Å². The van der Waals surface area contributed by atoms with E-state index >= 15 is 0 Å². The van der Waals surface area contributed by atoms with Crippen molar-refractivity contribution in [3.05, 3.63) is 18.2 Å². The highest BCUT2D eigenvalue weighted by Crippen LogP contribution is 2.20. The minimum atomic E-state index is -2.60. The number of amides is 2. The number of hydrogen-bond donors (Lipinski definition) is 0. The first-order valence-corrected chi connectivity index (χ1v) is 8.04. The average molecular weight is 341 g/mol. The number of rotatable bonds is 4. The van der Waals surface area contributed by atoms with E-state index in [1.165, 1.54) is 17.3 Å². The minimum Gasteiger partial charge on any atom is -0.338 e. The number of imidazole rings is 1. The van der Waals surface area contributed by atoms with Crippen molar-refractivity contribution in [2.75, 3.05) is 33.2 Å². The second-order valence-electron chi connectivity index (χ2n) is 6.19. The van der Waals surface area contributed by atoms with Crippen LogP contribution in [0.25, 0.3) is 0 Å². The van der Waals surface area contributed by atoms with E-state index in [0.717, 1.165) is 4.57 Å². The predicted octanol–water partition coefficient (Wildman–Crippen LogP) is 0.543. The summed E-state index contributed by atoms with van der Waals surface area (Å²) in [4.78, 5) is 33.4. The lowest BCUT2D eigenvalue weighted by Crippen LogP contribution is -2.53. The number of alkyl halides is 2. The quantitative estimate of drug-likeness (QED) is 0.802. The first kappa shape index (κ1) is 16.8. The van der Waals surface area contributed by atoms with Crippen LogP contribution in [-0.2, 0) is 16.1 Å². The molecular weight excluding hydrogens is 320 g/mol. The molecule has 132 valence electrons. The monoisotopic (exact) mass is 341 g/mol. The van der Waals surface area contributed by atoms with E-state index in [1.807, 2.05) is 4.90 Å². The molecule has 0 spiro atoms. The zero-order chi connectivity index (χ0) is 17.3. The second kappa shape index (κ2) is 6.84. The van der Waals surface area contributed by atoms with Crippen molar-refractivity contribution in [3.8, 4) is 0 Å². The van der Waals surface area contributed by atoms with Crippen molar-refractivity contribution < 1.29 is 18.4 Å². The molecule has 2 aliphatic rings. The Morgan fingerprint density at radius 1 is 1.33 bits per heavy atom. The van der Waals surface area contributed by atoms with E-state index in [0.29, 0.717) is 51.4 Å². The SMILES string of the molecule is CN1C(=O)CC[C@H]1C(=O)N1CCN(Cc2nccn2C(F)F)CC1. The molecule has 24 heavy (non-hydrogen) atoms. The highest BCUT2D eigenvalue weighted by atomic mass is 19.3. The van der Waals surface area contributed by atoms with E-state index in [2.05, 4.69) is 4.98 Å². The van der Waals surface area contributed by atoms with Gasteiger partial charge in [-0.25, -0.2) is 4.98 Å². The van der Waals surface area contributed by atoms with Crippen molar-refractivity contribution >= 4 is 11.8 Å². The van der Waals surface area contributed by atoms with Gasteiger partial charge in [0.2, 0.25) is 11.8 Å². The number of nitrogens with zero attached hydrogens (tertiary/aromatic N) is 5. The van der Waals surface area contributed by atoms with Crippen LogP contribution in [-0.4, -0.2) is 75.3 Å². The fraction of sp³-hybridized carbons (Fsp3) is 0.667. The molecule has 0 aliphatic carbocycles. The summed E-state index contributed by atoms with van der Waals surface area (Å²) in [5.74, 6) is 0.314. The molecule has 1 aromatic rings. The lowest BCUT2D eigenvalue weighted by molar-refractivity contribution is -0.141. The maximum Gasteiger partial charge on any atom is 0.319 e. The second-order valence-corrected chi connectivity index (χ2v) is 6.19. The summed E-state index contributed by atoms with van der Waals surface area (Å²) in [5, 5.41) is 0. The van der Waals surface area contributed by atoms with E-state index < -0.39 is 6.55 Å². The van der Waals surface area contributed by atoms with Crippen LogP contribution in [0.15, 0.2) is 12.4 Å². The van der Waals surface area contributed by atoms with Gasteiger partial charge < -0.3 is 9.80 Å². The van der Waals surface area contributed by atoms with Gasteiger partial charge in [-0.1, -0.05) is 0 Å². The van der Waals surface area contributed by atoms with Gasteiger partial charge in [0.15, 0.2) is 0 Å². The fourth-order valence-electron chi connectivity index (χ4n) is 3.27. The van der Waals surface area contributed by atoms with E-state index in [9.17, 15) is 18.4 Å². The standard InChI is InChI=1S/C15H21F2N5O2/c1-19-11(2-3-13(19)23)14(24)21-8-6-20(7-9-21)10-12-18-4-5-22(12)15(16)17/h4-5,11,15H,2-3,6-10H2,1H3/t11-/m0/s1. The molecule has 1 atom stereocenters. The zero-order valence-corrected chi connectivity index (χ0v) is 13.6. The van der Waals surface area contributed by atoms with Crippen LogP contribution in [0.3, 0.4) is 0 Å². The van der Waals surface area contributed by atoms with Gasteiger partial charge in [0.1, 0.15) is 11.9 Å². The van der Waals surface area contributed by atoms with Crippen molar-refractivity contribution in [1.29, 1.82) is 0 Å². The molecule has 0 saturated carbocycles. The van der Waals surface area contributed by atoms with Crippen molar-refractivity contribution in [3.63, 3.8) is 0 Å². The van der Waals surface area contributed by atoms with Gasteiger partial charge in [0, 0.05) is 52.0 Å². The lowest BCUT2D eigenvalue weighted by atomic mass is 10.1. The summed E-state index contributed by atoms with van der Waals surface area (Å²) in [6.45, 7) is 0.0138. The van der Waals surface area contributed by atoms with Gasteiger partial charge in [-0.05, 0) is 6.42 Å². The molecule has 3 rings (SSSR count). The van der Waals surface area contributed by atoms with Gasteiger partial charge in [-0.3, -0.25) is 19.1 Å². The van der Waals surface area contributed by atoms with Crippen LogP contribution in [0.2, 0.25) is 0 Å². The summed E-state index contributed by atoms with van der Waals surface area (Å²) < 4.78 is 26.5. The van der Waals surface area contributed by atoms with Gasteiger partial charge in [0.25, 0.3) is 0 Å². The normalized spacial score (nSPS) is 22.7. The van der Waals surface area contributed by atoms with Crippen molar-refractivity contribution in [1.82, 2.24) is 24.3 Å². The predicted molar refractivity (Wildman–Crippen MR) is 81.1 cm³/mol. The molecule has 0 radical (unpaired) electrons. The number of aromatic nitrogens is 2. The topological polar surface area (TPSA) is 61.7 Å². The van der Waals surface area contributed by atoms with Gasteiger partial charge in [-0.2, -0.15) is 8.78 Å². The molecule has 0 aromatic carbocycles. The van der Waals surface area contributed by atoms with Crippen LogP contribution in [0.5, 0.6) is 0 Å². The van der Waals surface area contributed by atoms with E-state index in [1.54, 1.807) is 11.9 Å². The number of carbonyl (C=O) groups excluding carboxylic acids is 2. The molecule has 1 aromatic heterocycles. The molecule has 3 heterocycles. The number of likely N-dealkylation sites (N-methyl/N-ethyl adjacent to an activating group) is 1. The van der Waals surface area contributed by atoms with Gasteiger partial charge in [0.05, 0.1) is 6.54 Å². The fourth-order valence-corrected chi connectivity index (χ4v) is 3.27. The smallest absolute Gasteiger partial charge is 0.319 e. The number of halogens is 2. The third-order valence-corrected chi connectivity index (χ3v) is 4.79. The average Bonchev–Trinajstić information content (AvgIpc) is 3.15. The Balaban J connectivity index is 1.53. The Morgan fingerprint density at radius 3 is 2.62 bits per heavy atom. The highest BCUT2D eigenvalue weighted by molar-refractivity contribution is 5.90. The molecule has 2 saturated heterocycles. The molecule has 2 amide bonds. The number of hydrogen-bond acceptors (Lipinski definition) is 4. The summed E-state index contributed by atoms with van der Waals surface area (Å²) >= 11 is 0. The van der Waals surface area contributed by atoms with E-state index in [4.69, 9.17) is 0 Å². The summed E-state index contributed by atoms with van der Waals surface area (Å²) in [7, 11) is 1.66. The number of carbonyl (C=O) groups is 2. The Hall–Kier alpha value is -2.03. The van der Waals surface area contributed by atoms with Crippen LogP contribution >= 0.6 is 0 Å². The van der Waals surface area contributed by atoms with Crippen LogP contribution in [0.1, 0.15) is 25.2 Å². The summed E-state index contributed by atoms with van der Waals surface area (Å²) in [5.41, 5.74) is 0. The molecule has 2 fully saturated rings.